The van der Waals surface area contributed by atoms with Crippen LogP contribution in [0.2, 0.25) is 0 Å². The average molecular weight is 277 g/mol. The van der Waals surface area contributed by atoms with Gasteiger partial charge in [0, 0.05) is 17.7 Å². The maximum absolute atomic E-state index is 12.5. The zero-order chi connectivity index (χ0) is 14.8. The molecule has 1 heterocycles. The number of nitrogens with two attached hydrogens (primary N) is 1. The highest BCUT2D eigenvalue weighted by molar-refractivity contribution is 5.99. The highest BCUT2D eigenvalue weighted by Crippen LogP contribution is 2.21. The van der Waals surface area contributed by atoms with Crippen LogP contribution in [0.3, 0.4) is 0 Å². The van der Waals surface area contributed by atoms with Crippen LogP contribution >= 0.6 is 0 Å². The van der Waals surface area contributed by atoms with Crippen LogP contribution < -0.4 is 5.73 Å². The quantitative estimate of drug-likeness (QED) is 0.366. The summed E-state index contributed by atoms with van der Waals surface area (Å²) in [5.74, 6) is -0.0138. The summed E-state index contributed by atoms with van der Waals surface area (Å²) >= 11 is 0. The molecule has 6 heteroatoms. The standard InChI is InChI=1S/C14H19N3O3/c1-14(2)9-20-8-7-17(14)13(18)11-5-3-10(4-6-11)12(15)16-19/h3-6,19H,7-9H2,1-2H3,(H2,15,16). The molecular weight excluding hydrogens is 258 g/mol. The Morgan fingerprint density at radius 2 is 1.95 bits per heavy atom. The third kappa shape index (κ3) is 2.75. The van der Waals surface area contributed by atoms with E-state index in [1.165, 1.54) is 0 Å². The van der Waals surface area contributed by atoms with E-state index in [0.29, 0.717) is 30.9 Å². The summed E-state index contributed by atoms with van der Waals surface area (Å²) in [6.07, 6.45) is 0. The third-order valence-electron chi connectivity index (χ3n) is 3.43. The lowest BCUT2D eigenvalue weighted by atomic mass is 10.0. The molecule has 1 saturated heterocycles. The van der Waals surface area contributed by atoms with Crippen molar-refractivity contribution >= 4 is 11.7 Å². The van der Waals surface area contributed by atoms with Crippen LogP contribution in [0.4, 0.5) is 0 Å². The predicted molar refractivity (Wildman–Crippen MR) is 74.9 cm³/mol. The Kier molecular flexibility index (Phi) is 3.94. The second-order valence-electron chi connectivity index (χ2n) is 5.38. The minimum Gasteiger partial charge on any atom is -0.409 e. The van der Waals surface area contributed by atoms with Crippen molar-refractivity contribution in [2.45, 2.75) is 19.4 Å². The number of carbonyl (C=O) groups excluding carboxylic acids is 1. The van der Waals surface area contributed by atoms with Gasteiger partial charge in [0.15, 0.2) is 5.84 Å². The molecule has 6 nitrogen and oxygen atoms in total. The topological polar surface area (TPSA) is 88.2 Å². The number of nitrogens with zero attached hydrogens (tertiary/aromatic N) is 2. The van der Waals surface area contributed by atoms with Crippen molar-refractivity contribution < 1.29 is 14.7 Å². The number of rotatable bonds is 2. The third-order valence-corrected chi connectivity index (χ3v) is 3.43. The van der Waals surface area contributed by atoms with Crippen LogP contribution in [0.1, 0.15) is 29.8 Å². The number of hydrogen-bond acceptors (Lipinski definition) is 4. The number of ether oxygens (including phenoxy) is 1. The maximum Gasteiger partial charge on any atom is 0.254 e. The number of morpholine rings is 1. The predicted octanol–water partition coefficient (Wildman–Crippen LogP) is 1.03. The minimum absolute atomic E-state index is 0.0238. The molecule has 20 heavy (non-hydrogen) atoms. The zero-order valence-corrected chi connectivity index (χ0v) is 11.7. The van der Waals surface area contributed by atoms with Gasteiger partial charge >= 0.3 is 0 Å². The van der Waals surface area contributed by atoms with Crippen molar-refractivity contribution in [3.8, 4) is 0 Å². The zero-order valence-electron chi connectivity index (χ0n) is 11.7. The number of benzene rings is 1. The van der Waals surface area contributed by atoms with E-state index in [0.717, 1.165) is 0 Å². The lowest BCUT2D eigenvalue weighted by Crippen LogP contribution is -2.55. The van der Waals surface area contributed by atoms with Crippen molar-refractivity contribution in [3.63, 3.8) is 0 Å². The molecule has 0 atom stereocenters. The number of amidine groups is 1. The molecule has 0 spiro atoms. The Hall–Kier alpha value is -2.08. The Labute approximate surface area is 117 Å². The first-order chi connectivity index (χ1) is 9.45. The van der Waals surface area contributed by atoms with Gasteiger partial charge in [0.2, 0.25) is 0 Å². The molecule has 0 unspecified atom stereocenters. The summed E-state index contributed by atoms with van der Waals surface area (Å²) in [7, 11) is 0. The van der Waals surface area contributed by atoms with Crippen LogP contribution in [0.25, 0.3) is 0 Å². The molecule has 2 rings (SSSR count). The van der Waals surface area contributed by atoms with Gasteiger partial charge in [0.05, 0.1) is 18.8 Å². The summed E-state index contributed by atoms with van der Waals surface area (Å²) in [5, 5.41) is 11.5. The fraction of sp³-hybridized carbons (Fsp3) is 0.429. The van der Waals surface area contributed by atoms with E-state index in [1.807, 2.05) is 18.7 Å². The molecule has 1 amide bonds. The van der Waals surface area contributed by atoms with E-state index in [4.69, 9.17) is 15.7 Å². The van der Waals surface area contributed by atoms with Crippen LogP contribution in [0.15, 0.2) is 29.4 Å². The molecule has 0 radical (unpaired) electrons. The van der Waals surface area contributed by atoms with E-state index >= 15 is 0 Å². The molecule has 108 valence electrons. The SMILES string of the molecule is CC1(C)COCCN1C(=O)c1ccc(C(N)=NO)cc1. The van der Waals surface area contributed by atoms with Crippen molar-refractivity contribution in [1.82, 2.24) is 4.90 Å². The smallest absolute Gasteiger partial charge is 0.254 e. The number of amides is 1. The van der Waals surface area contributed by atoms with Gasteiger partial charge in [0.1, 0.15) is 0 Å². The molecule has 1 aromatic rings. The molecule has 3 N–H and O–H groups in total. The summed E-state index contributed by atoms with van der Waals surface area (Å²) in [5.41, 5.74) is 6.33. The molecule has 1 aliphatic rings. The van der Waals surface area contributed by atoms with Crippen molar-refractivity contribution in [2.75, 3.05) is 19.8 Å². The van der Waals surface area contributed by atoms with E-state index in [9.17, 15) is 4.79 Å². The van der Waals surface area contributed by atoms with Gasteiger partial charge in [-0.15, -0.1) is 0 Å². The Balaban J connectivity index is 2.21. The van der Waals surface area contributed by atoms with Gasteiger partial charge in [-0.2, -0.15) is 0 Å². The molecule has 1 aliphatic heterocycles. The van der Waals surface area contributed by atoms with Gasteiger partial charge in [-0.25, -0.2) is 0 Å². The first kappa shape index (κ1) is 14.3. The molecule has 0 aliphatic carbocycles. The Morgan fingerprint density at radius 1 is 1.35 bits per heavy atom. The molecule has 0 bridgehead atoms. The number of hydrogen-bond donors (Lipinski definition) is 2. The van der Waals surface area contributed by atoms with Gasteiger partial charge < -0.3 is 20.6 Å². The first-order valence-corrected chi connectivity index (χ1v) is 6.43. The number of carbonyl (C=O) groups is 1. The van der Waals surface area contributed by atoms with E-state index in [2.05, 4.69) is 5.16 Å². The van der Waals surface area contributed by atoms with Crippen LogP contribution in [-0.2, 0) is 4.74 Å². The van der Waals surface area contributed by atoms with Crippen LogP contribution in [-0.4, -0.2) is 47.1 Å². The highest BCUT2D eigenvalue weighted by Gasteiger charge is 2.34. The maximum atomic E-state index is 12.5. The van der Waals surface area contributed by atoms with Crippen molar-refractivity contribution in [1.29, 1.82) is 0 Å². The second-order valence-corrected chi connectivity index (χ2v) is 5.38. The van der Waals surface area contributed by atoms with Crippen LogP contribution in [0.5, 0.6) is 0 Å². The lowest BCUT2D eigenvalue weighted by molar-refractivity contribution is -0.0370. The average Bonchev–Trinajstić information content (AvgIpc) is 2.45. The van der Waals surface area contributed by atoms with Crippen molar-refractivity contribution in [3.05, 3.63) is 35.4 Å². The van der Waals surface area contributed by atoms with Gasteiger partial charge in [-0.05, 0) is 26.0 Å². The molecular formula is C14H19N3O3. The molecule has 1 fully saturated rings. The minimum atomic E-state index is -0.320. The summed E-state index contributed by atoms with van der Waals surface area (Å²) in [6.45, 7) is 5.62. The van der Waals surface area contributed by atoms with Crippen molar-refractivity contribution in [2.24, 2.45) is 10.9 Å². The van der Waals surface area contributed by atoms with E-state index in [-0.39, 0.29) is 17.3 Å². The number of oxime groups is 1. The molecule has 0 saturated carbocycles. The first-order valence-electron chi connectivity index (χ1n) is 6.43. The highest BCUT2D eigenvalue weighted by atomic mass is 16.5. The van der Waals surface area contributed by atoms with E-state index in [1.54, 1.807) is 24.3 Å². The van der Waals surface area contributed by atoms with E-state index < -0.39 is 0 Å². The monoisotopic (exact) mass is 277 g/mol. The molecule has 1 aromatic carbocycles. The summed E-state index contributed by atoms with van der Waals surface area (Å²) in [4.78, 5) is 14.3. The summed E-state index contributed by atoms with van der Waals surface area (Å²) in [6, 6.07) is 6.69. The fourth-order valence-corrected chi connectivity index (χ4v) is 2.23. The Bertz CT molecular complexity index is 523. The second kappa shape index (κ2) is 5.50. The van der Waals surface area contributed by atoms with Crippen LogP contribution in [0, 0.1) is 0 Å². The van der Waals surface area contributed by atoms with Gasteiger partial charge in [-0.3, -0.25) is 4.79 Å². The largest absolute Gasteiger partial charge is 0.409 e. The van der Waals surface area contributed by atoms with Gasteiger partial charge in [0.25, 0.3) is 5.91 Å². The van der Waals surface area contributed by atoms with Gasteiger partial charge in [-0.1, -0.05) is 17.3 Å². The lowest BCUT2D eigenvalue weighted by Gasteiger charge is -2.42. The Morgan fingerprint density at radius 3 is 2.50 bits per heavy atom. The summed E-state index contributed by atoms with van der Waals surface area (Å²) < 4.78 is 5.41. The fourth-order valence-electron chi connectivity index (χ4n) is 2.23. The normalized spacial score (nSPS) is 18.9. The molecule has 0 aromatic heterocycles.